The summed E-state index contributed by atoms with van der Waals surface area (Å²) in [6.07, 6.45) is 5.20. The molecule has 0 bridgehead atoms. The topological polar surface area (TPSA) is 75.9 Å². The van der Waals surface area contributed by atoms with Crippen LogP contribution in [0.3, 0.4) is 0 Å². The smallest absolute Gasteiger partial charge is 0.223 e. The standard InChI is InChI=1S/C18H26N6O/c1-12-14(11-23(4)22-12)7-8-18(25)24-9-5-6-16(24)15-10-17(19-3)21-13(2)20-15/h10-11,16H,5-9H2,1-4H3,(H,19,20,21). The van der Waals surface area contributed by atoms with E-state index in [4.69, 9.17) is 0 Å². The summed E-state index contributed by atoms with van der Waals surface area (Å²) in [6.45, 7) is 4.67. The van der Waals surface area contributed by atoms with Crippen LogP contribution in [0.25, 0.3) is 0 Å². The van der Waals surface area contributed by atoms with Crippen molar-refractivity contribution in [2.24, 2.45) is 7.05 Å². The van der Waals surface area contributed by atoms with E-state index in [0.717, 1.165) is 54.4 Å². The van der Waals surface area contributed by atoms with Crippen LogP contribution in [0.2, 0.25) is 0 Å². The summed E-state index contributed by atoms with van der Waals surface area (Å²) in [7, 11) is 3.75. The SMILES string of the molecule is CNc1cc(C2CCCN2C(=O)CCc2cn(C)nc2C)nc(C)n1. The fourth-order valence-electron chi connectivity index (χ4n) is 3.54. The number of aromatic nitrogens is 4. The van der Waals surface area contributed by atoms with Gasteiger partial charge < -0.3 is 10.2 Å². The molecule has 7 nitrogen and oxygen atoms in total. The van der Waals surface area contributed by atoms with Crippen molar-refractivity contribution in [2.75, 3.05) is 18.9 Å². The van der Waals surface area contributed by atoms with Crippen LogP contribution in [0.5, 0.6) is 0 Å². The molecule has 1 aliphatic rings. The van der Waals surface area contributed by atoms with Gasteiger partial charge >= 0.3 is 0 Å². The summed E-state index contributed by atoms with van der Waals surface area (Å²) in [6, 6.07) is 2.01. The van der Waals surface area contributed by atoms with Gasteiger partial charge in [0.25, 0.3) is 0 Å². The molecule has 0 radical (unpaired) electrons. The van der Waals surface area contributed by atoms with Crippen LogP contribution >= 0.6 is 0 Å². The molecule has 1 aliphatic heterocycles. The summed E-state index contributed by atoms with van der Waals surface area (Å²) < 4.78 is 1.80. The van der Waals surface area contributed by atoms with Gasteiger partial charge in [0.1, 0.15) is 11.6 Å². The van der Waals surface area contributed by atoms with Crippen LogP contribution < -0.4 is 5.32 Å². The number of nitrogens with one attached hydrogen (secondary N) is 1. The largest absolute Gasteiger partial charge is 0.373 e. The minimum Gasteiger partial charge on any atom is -0.373 e. The Bertz CT molecular complexity index is 769. The van der Waals surface area contributed by atoms with Crippen LogP contribution in [-0.2, 0) is 18.3 Å². The predicted octanol–water partition coefficient (Wildman–Crippen LogP) is 2.16. The van der Waals surface area contributed by atoms with Crippen LogP contribution in [0, 0.1) is 13.8 Å². The third kappa shape index (κ3) is 3.81. The highest BCUT2D eigenvalue weighted by atomic mass is 16.2. The lowest BCUT2D eigenvalue weighted by Gasteiger charge is -2.25. The molecule has 2 aromatic heterocycles. The zero-order valence-corrected chi connectivity index (χ0v) is 15.4. The number of hydrogen-bond acceptors (Lipinski definition) is 5. The van der Waals surface area contributed by atoms with Gasteiger partial charge in [-0.25, -0.2) is 9.97 Å². The van der Waals surface area contributed by atoms with E-state index in [2.05, 4.69) is 20.4 Å². The molecule has 0 aliphatic carbocycles. The van der Waals surface area contributed by atoms with Crippen LogP contribution in [0.4, 0.5) is 5.82 Å². The molecule has 1 amide bonds. The Hall–Kier alpha value is -2.44. The lowest BCUT2D eigenvalue weighted by atomic mass is 10.1. The van der Waals surface area contributed by atoms with E-state index in [-0.39, 0.29) is 11.9 Å². The molecular formula is C18H26N6O. The number of nitrogens with zero attached hydrogens (tertiary/aromatic N) is 5. The second kappa shape index (κ2) is 7.21. The first-order chi connectivity index (χ1) is 12.0. The summed E-state index contributed by atoms with van der Waals surface area (Å²) in [4.78, 5) is 23.7. The van der Waals surface area contributed by atoms with Gasteiger partial charge in [0, 0.05) is 39.3 Å². The van der Waals surface area contributed by atoms with E-state index in [1.54, 1.807) is 4.68 Å². The Morgan fingerprint density at radius 2 is 2.16 bits per heavy atom. The number of rotatable bonds is 5. The number of carbonyl (C=O) groups is 1. The van der Waals surface area contributed by atoms with Crippen molar-refractivity contribution in [1.82, 2.24) is 24.6 Å². The number of aryl methyl sites for hydroxylation is 4. The van der Waals surface area contributed by atoms with Gasteiger partial charge in [-0.05, 0) is 38.7 Å². The number of carbonyl (C=O) groups excluding carboxylic acids is 1. The lowest BCUT2D eigenvalue weighted by molar-refractivity contribution is -0.132. The predicted molar refractivity (Wildman–Crippen MR) is 96.3 cm³/mol. The van der Waals surface area contributed by atoms with Gasteiger partial charge in [-0.2, -0.15) is 5.10 Å². The van der Waals surface area contributed by atoms with Crippen molar-refractivity contribution >= 4 is 11.7 Å². The molecule has 1 N–H and O–H groups in total. The molecule has 25 heavy (non-hydrogen) atoms. The Kier molecular flexibility index (Phi) is 5.01. The molecule has 3 heterocycles. The third-order valence-corrected chi connectivity index (χ3v) is 4.75. The normalized spacial score (nSPS) is 17.1. The molecule has 2 aromatic rings. The van der Waals surface area contributed by atoms with Crippen LogP contribution in [0.15, 0.2) is 12.3 Å². The number of hydrogen-bond donors (Lipinski definition) is 1. The van der Waals surface area contributed by atoms with Gasteiger partial charge in [-0.1, -0.05) is 0 Å². The van der Waals surface area contributed by atoms with Crippen molar-refractivity contribution in [3.63, 3.8) is 0 Å². The van der Waals surface area contributed by atoms with E-state index in [1.807, 2.05) is 45.1 Å². The molecule has 0 aromatic carbocycles. The first kappa shape index (κ1) is 17.4. The third-order valence-electron chi connectivity index (χ3n) is 4.75. The molecule has 3 rings (SSSR count). The maximum absolute atomic E-state index is 12.8. The van der Waals surface area contributed by atoms with E-state index in [1.165, 1.54) is 0 Å². The zero-order chi connectivity index (χ0) is 18.0. The molecule has 134 valence electrons. The minimum absolute atomic E-state index is 0.0521. The van der Waals surface area contributed by atoms with Crippen molar-refractivity contribution in [1.29, 1.82) is 0 Å². The molecule has 7 heteroatoms. The Morgan fingerprint density at radius 3 is 2.84 bits per heavy atom. The first-order valence-electron chi connectivity index (χ1n) is 8.80. The molecule has 1 fully saturated rings. The van der Waals surface area contributed by atoms with Crippen molar-refractivity contribution in [3.05, 3.63) is 35.0 Å². The molecule has 1 unspecified atom stereocenters. The first-order valence-corrected chi connectivity index (χ1v) is 8.80. The number of anilines is 1. The van der Waals surface area contributed by atoms with E-state index in [9.17, 15) is 4.79 Å². The van der Waals surface area contributed by atoms with Gasteiger partial charge in [-0.15, -0.1) is 0 Å². The quantitative estimate of drug-likeness (QED) is 0.901. The van der Waals surface area contributed by atoms with Crippen molar-refractivity contribution < 1.29 is 4.79 Å². The molecular weight excluding hydrogens is 316 g/mol. The maximum Gasteiger partial charge on any atom is 0.223 e. The molecule has 1 saturated heterocycles. The highest BCUT2D eigenvalue weighted by molar-refractivity contribution is 5.77. The van der Waals surface area contributed by atoms with Gasteiger partial charge in [0.2, 0.25) is 5.91 Å². The average molecular weight is 342 g/mol. The van der Waals surface area contributed by atoms with Gasteiger partial charge in [0.15, 0.2) is 0 Å². The van der Waals surface area contributed by atoms with E-state index in [0.29, 0.717) is 6.42 Å². The van der Waals surface area contributed by atoms with Crippen molar-refractivity contribution in [2.45, 2.75) is 45.6 Å². The fourth-order valence-corrected chi connectivity index (χ4v) is 3.54. The average Bonchev–Trinajstić information content (AvgIpc) is 3.18. The second-order valence-electron chi connectivity index (χ2n) is 6.63. The summed E-state index contributed by atoms with van der Waals surface area (Å²) in [5.41, 5.74) is 3.07. The summed E-state index contributed by atoms with van der Waals surface area (Å²) in [5.74, 6) is 1.72. The summed E-state index contributed by atoms with van der Waals surface area (Å²) >= 11 is 0. The Balaban J connectivity index is 1.71. The van der Waals surface area contributed by atoms with Gasteiger partial charge in [0.05, 0.1) is 17.4 Å². The van der Waals surface area contributed by atoms with Crippen LogP contribution in [0.1, 0.15) is 48.1 Å². The highest BCUT2D eigenvalue weighted by Crippen LogP contribution is 2.32. The van der Waals surface area contributed by atoms with Crippen molar-refractivity contribution in [3.8, 4) is 0 Å². The summed E-state index contributed by atoms with van der Waals surface area (Å²) in [5, 5.41) is 7.41. The molecule has 1 atom stereocenters. The second-order valence-corrected chi connectivity index (χ2v) is 6.63. The van der Waals surface area contributed by atoms with E-state index >= 15 is 0 Å². The molecule has 0 spiro atoms. The van der Waals surface area contributed by atoms with E-state index < -0.39 is 0 Å². The Labute approximate surface area is 148 Å². The monoisotopic (exact) mass is 342 g/mol. The number of amides is 1. The fraction of sp³-hybridized carbons (Fsp3) is 0.556. The number of likely N-dealkylation sites (tertiary alicyclic amines) is 1. The zero-order valence-electron chi connectivity index (χ0n) is 15.4. The molecule has 0 saturated carbocycles. The highest BCUT2D eigenvalue weighted by Gasteiger charge is 2.31. The minimum atomic E-state index is 0.0521. The van der Waals surface area contributed by atoms with Crippen LogP contribution in [-0.4, -0.2) is 44.1 Å². The maximum atomic E-state index is 12.8. The van der Waals surface area contributed by atoms with Gasteiger partial charge in [-0.3, -0.25) is 9.48 Å². The lowest BCUT2D eigenvalue weighted by Crippen LogP contribution is -2.31. The Morgan fingerprint density at radius 1 is 1.36 bits per heavy atom.